The fourth-order valence-electron chi connectivity index (χ4n) is 3.37. The second-order valence-corrected chi connectivity index (χ2v) is 8.41. The van der Waals surface area contributed by atoms with Crippen molar-refractivity contribution in [1.29, 1.82) is 0 Å². The minimum absolute atomic E-state index is 0.511. The maximum atomic E-state index is 11.1. The van der Waals surface area contributed by atoms with Crippen LogP contribution in [0.15, 0.2) is 77.9 Å². The maximum absolute atomic E-state index is 11.1. The third-order valence-corrected chi connectivity index (χ3v) is 6.33. The fraction of sp³-hybridized carbons (Fsp3) is 0.0870. The van der Waals surface area contributed by atoms with Gasteiger partial charge in [-0.25, -0.2) is 9.97 Å². The summed E-state index contributed by atoms with van der Waals surface area (Å²) in [5, 5.41) is 11.8. The minimum Gasteiger partial charge on any atom is -0.449 e. The highest BCUT2D eigenvalue weighted by Crippen LogP contribution is 2.41. The van der Waals surface area contributed by atoms with Gasteiger partial charge in [0.25, 0.3) is 0 Å². The summed E-state index contributed by atoms with van der Waals surface area (Å²) in [4.78, 5) is 18.0. The molecule has 8 heteroatoms. The minimum atomic E-state index is -0.809. The van der Waals surface area contributed by atoms with Gasteiger partial charge < -0.3 is 14.5 Å². The Balaban J connectivity index is 1.54. The van der Waals surface area contributed by atoms with Crippen molar-refractivity contribution < 1.29 is 9.52 Å². The lowest BCUT2D eigenvalue weighted by atomic mass is 10.0. The van der Waals surface area contributed by atoms with Crippen molar-refractivity contribution in [2.45, 2.75) is 12.5 Å². The molecule has 0 aliphatic rings. The molecule has 4 aromatic heterocycles. The van der Waals surface area contributed by atoms with Gasteiger partial charge in [-0.3, -0.25) is 4.98 Å². The van der Waals surface area contributed by atoms with E-state index < -0.39 is 6.10 Å². The SMILES string of the molecule is OC(c1ccc(Cl)cc1)c1cc(-c2ccnc(Cc3ncco3)c2)sc1-c1ncc[nH]1. The zero-order valence-electron chi connectivity index (χ0n) is 16.2. The molecular formula is C23H17ClN4O2S. The first kappa shape index (κ1) is 19.7. The van der Waals surface area contributed by atoms with E-state index in [-0.39, 0.29) is 0 Å². The van der Waals surface area contributed by atoms with Crippen molar-refractivity contribution in [2.75, 3.05) is 0 Å². The number of pyridine rings is 1. The topological polar surface area (TPSA) is 87.8 Å². The largest absolute Gasteiger partial charge is 0.449 e. The molecule has 5 rings (SSSR count). The number of nitrogens with one attached hydrogen (secondary N) is 1. The van der Waals surface area contributed by atoms with Crippen molar-refractivity contribution in [3.8, 4) is 21.1 Å². The number of H-pyrrole nitrogens is 1. The van der Waals surface area contributed by atoms with E-state index in [1.54, 1.807) is 54.5 Å². The first-order chi connectivity index (χ1) is 15.2. The van der Waals surface area contributed by atoms with Gasteiger partial charge in [0.2, 0.25) is 0 Å². The lowest BCUT2D eigenvalue weighted by molar-refractivity contribution is 0.221. The number of thiophene rings is 1. The van der Waals surface area contributed by atoms with Gasteiger partial charge in [-0.15, -0.1) is 11.3 Å². The van der Waals surface area contributed by atoms with E-state index in [0.717, 1.165) is 32.1 Å². The van der Waals surface area contributed by atoms with E-state index in [1.165, 1.54) is 0 Å². The average Bonchev–Trinajstić information content (AvgIpc) is 3.55. The number of aromatic nitrogens is 4. The highest BCUT2D eigenvalue weighted by molar-refractivity contribution is 7.19. The number of nitrogens with zero attached hydrogens (tertiary/aromatic N) is 3. The second kappa shape index (κ2) is 8.47. The van der Waals surface area contributed by atoms with Crippen molar-refractivity contribution in [3.05, 3.63) is 101 Å². The third-order valence-electron chi connectivity index (χ3n) is 4.87. The van der Waals surface area contributed by atoms with Gasteiger partial charge in [0.15, 0.2) is 5.89 Å². The predicted octanol–water partition coefficient (Wildman–Crippen LogP) is 5.51. The van der Waals surface area contributed by atoms with Crippen LogP contribution in [0.5, 0.6) is 0 Å². The summed E-state index contributed by atoms with van der Waals surface area (Å²) in [5.41, 5.74) is 3.40. The van der Waals surface area contributed by atoms with Gasteiger partial charge in [0.05, 0.1) is 23.2 Å². The van der Waals surface area contributed by atoms with Crippen LogP contribution in [0, 0.1) is 0 Å². The summed E-state index contributed by atoms with van der Waals surface area (Å²) in [6.45, 7) is 0. The molecule has 0 aliphatic carbocycles. The Labute approximate surface area is 187 Å². The summed E-state index contributed by atoms with van der Waals surface area (Å²) < 4.78 is 5.34. The van der Waals surface area contributed by atoms with E-state index in [4.69, 9.17) is 16.0 Å². The fourth-order valence-corrected chi connectivity index (χ4v) is 4.65. The summed E-state index contributed by atoms with van der Waals surface area (Å²) in [6.07, 6.45) is 8.13. The van der Waals surface area contributed by atoms with Gasteiger partial charge in [-0.1, -0.05) is 23.7 Å². The average molecular weight is 449 g/mol. The van der Waals surface area contributed by atoms with Crippen LogP contribution >= 0.6 is 22.9 Å². The molecule has 1 unspecified atom stereocenters. The molecule has 0 aliphatic heterocycles. The summed E-state index contributed by atoms with van der Waals surface area (Å²) >= 11 is 7.58. The highest BCUT2D eigenvalue weighted by Gasteiger charge is 2.21. The van der Waals surface area contributed by atoms with Crippen molar-refractivity contribution in [3.63, 3.8) is 0 Å². The van der Waals surface area contributed by atoms with Crippen LogP contribution in [0.2, 0.25) is 5.02 Å². The molecule has 0 saturated heterocycles. The van der Waals surface area contributed by atoms with Gasteiger partial charge >= 0.3 is 0 Å². The number of aliphatic hydroxyl groups is 1. The van der Waals surface area contributed by atoms with E-state index in [1.807, 2.05) is 30.3 Å². The van der Waals surface area contributed by atoms with Crippen LogP contribution in [0.3, 0.4) is 0 Å². The van der Waals surface area contributed by atoms with Crippen molar-refractivity contribution in [1.82, 2.24) is 19.9 Å². The zero-order valence-corrected chi connectivity index (χ0v) is 17.8. The molecule has 0 bridgehead atoms. The molecular weight excluding hydrogens is 432 g/mol. The number of hydrogen-bond donors (Lipinski definition) is 2. The van der Waals surface area contributed by atoms with Crippen LogP contribution in [0.25, 0.3) is 21.1 Å². The van der Waals surface area contributed by atoms with Gasteiger partial charge in [-0.2, -0.15) is 0 Å². The molecule has 0 radical (unpaired) electrons. The van der Waals surface area contributed by atoms with Gasteiger partial charge in [-0.05, 0) is 41.5 Å². The highest BCUT2D eigenvalue weighted by atomic mass is 35.5. The Hall–Kier alpha value is -3.26. The van der Waals surface area contributed by atoms with Crippen LogP contribution in [-0.4, -0.2) is 25.0 Å². The number of oxazole rings is 1. The summed E-state index contributed by atoms with van der Waals surface area (Å²) in [7, 11) is 0. The van der Waals surface area contributed by atoms with Crippen molar-refractivity contribution >= 4 is 22.9 Å². The first-order valence-electron chi connectivity index (χ1n) is 9.58. The van der Waals surface area contributed by atoms with Crippen LogP contribution in [-0.2, 0) is 6.42 Å². The summed E-state index contributed by atoms with van der Waals surface area (Å²) in [5.74, 6) is 1.33. The number of imidazole rings is 1. The Morgan fingerprint density at radius 2 is 1.90 bits per heavy atom. The quantitative estimate of drug-likeness (QED) is 0.357. The first-order valence-corrected chi connectivity index (χ1v) is 10.8. The number of benzene rings is 1. The number of aromatic amines is 1. The summed E-state index contributed by atoms with van der Waals surface area (Å²) in [6, 6.07) is 13.2. The Morgan fingerprint density at radius 3 is 2.65 bits per heavy atom. The normalized spacial score (nSPS) is 12.2. The van der Waals surface area contributed by atoms with Crippen LogP contribution in [0.1, 0.15) is 28.8 Å². The zero-order chi connectivity index (χ0) is 21.2. The van der Waals surface area contributed by atoms with Crippen LogP contribution in [0.4, 0.5) is 0 Å². The molecule has 154 valence electrons. The van der Waals surface area contributed by atoms with Crippen LogP contribution < -0.4 is 0 Å². The lowest BCUT2D eigenvalue weighted by Crippen LogP contribution is -1.99. The number of aliphatic hydroxyl groups excluding tert-OH is 1. The van der Waals surface area contributed by atoms with Crippen molar-refractivity contribution in [2.24, 2.45) is 0 Å². The molecule has 5 aromatic rings. The van der Waals surface area contributed by atoms with Gasteiger partial charge in [0.1, 0.15) is 18.2 Å². The van der Waals surface area contributed by atoms with Gasteiger partial charge in [0, 0.05) is 34.1 Å². The molecule has 6 nitrogen and oxygen atoms in total. The maximum Gasteiger partial charge on any atom is 0.199 e. The molecule has 0 spiro atoms. The van der Waals surface area contributed by atoms with E-state index in [2.05, 4.69) is 19.9 Å². The monoisotopic (exact) mass is 448 g/mol. The Bertz CT molecular complexity index is 1280. The standard InChI is InChI=1S/C23H17ClN4O2S/c24-16-3-1-14(2-4-16)21(29)18-13-19(31-22(18)23-27-7-8-28-23)15-5-6-25-17(11-15)12-20-26-9-10-30-20/h1-11,13,21,29H,12H2,(H,27,28). The number of hydrogen-bond acceptors (Lipinski definition) is 6. The molecule has 0 saturated carbocycles. The predicted molar refractivity (Wildman–Crippen MR) is 120 cm³/mol. The molecule has 1 aromatic carbocycles. The molecule has 4 heterocycles. The molecule has 0 amide bonds. The number of halogens is 1. The third kappa shape index (κ3) is 4.16. The Kier molecular flexibility index (Phi) is 5.38. The smallest absolute Gasteiger partial charge is 0.199 e. The van der Waals surface area contributed by atoms with E-state index in [0.29, 0.717) is 23.2 Å². The number of rotatable bonds is 6. The second-order valence-electron chi connectivity index (χ2n) is 6.93. The van der Waals surface area contributed by atoms with E-state index in [9.17, 15) is 5.11 Å². The molecule has 2 N–H and O–H groups in total. The molecule has 0 fully saturated rings. The molecule has 31 heavy (non-hydrogen) atoms. The van der Waals surface area contributed by atoms with E-state index >= 15 is 0 Å². The molecule has 1 atom stereocenters. The Morgan fingerprint density at radius 1 is 1.03 bits per heavy atom. The lowest BCUT2D eigenvalue weighted by Gasteiger charge is -2.11.